The van der Waals surface area contributed by atoms with E-state index in [2.05, 4.69) is 6.92 Å². The van der Waals surface area contributed by atoms with Gasteiger partial charge in [0.15, 0.2) is 0 Å². The van der Waals surface area contributed by atoms with E-state index in [0.29, 0.717) is 18.5 Å². The summed E-state index contributed by atoms with van der Waals surface area (Å²) in [5.74, 6) is 0.582. The van der Waals surface area contributed by atoms with E-state index in [1.54, 1.807) is 0 Å². The molecule has 0 radical (unpaired) electrons. The van der Waals surface area contributed by atoms with Crippen LogP contribution in [0.3, 0.4) is 0 Å². The zero-order valence-corrected chi connectivity index (χ0v) is 10.6. The maximum absolute atomic E-state index is 12.4. The fourth-order valence-electron chi connectivity index (χ4n) is 2.49. The summed E-state index contributed by atoms with van der Waals surface area (Å²) in [7, 11) is 1.91. The molecule has 0 aromatic carbocycles. The topological polar surface area (TPSA) is 51.3 Å². The number of aryl methyl sites for hydroxylation is 1. The number of hydrogen-bond acceptors (Lipinski definition) is 2. The largest absolute Gasteiger partial charge is 0.347 e. The third-order valence-corrected chi connectivity index (χ3v) is 3.74. The summed E-state index contributed by atoms with van der Waals surface area (Å²) in [6, 6.07) is 4.10. The number of rotatable bonds is 2. The van der Waals surface area contributed by atoms with Gasteiger partial charge in [0.05, 0.1) is 0 Å². The van der Waals surface area contributed by atoms with Gasteiger partial charge in [-0.3, -0.25) is 4.79 Å². The van der Waals surface area contributed by atoms with Crippen molar-refractivity contribution < 1.29 is 4.79 Å². The van der Waals surface area contributed by atoms with Gasteiger partial charge in [-0.15, -0.1) is 0 Å². The lowest BCUT2D eigenvalue weighted by Crippen LogP contribution is -2.47. The minimum Gasteiger partial charge on any atom is -0.347 e. The molecule has 4 nitrogen and oxygen atoms in total. The smallest absolute Gasteiger partial charge is 0.270 e. The number of nitrogens with zero attached hydrogens (tertiary/aromatic N) is 2. The first-order valence-corrected chi connectivity index (χ1v) is 6.26. The molecule has 2 rings (SSSR count). The van der Waals surface area contributed by atoms with Crippen LogP contribution >= 0.6 is 0 Å². The molecule has 94 valence electrons. The Balaban J connectivity index is 2.15. The summed E-state index contributed by atoms with van der Waals surface area (Å²) in [5.41, 5.74) is 6.48. The second-order valence-corrected chi connectivity index (χ2v) is 4.99. The first kappa shape index (κ1) is 12.2. The molecule has 1 aliphatic rings. The molecule has 2 heterocycles. The zero-order valence-electron chi connectivity index (χ0n) is 10.6. The Bertz CT molecular complexity index is 399. The van der Waals surface area contributed by atoms with E-state index in [0.717, 1.165) is 25.1 Å². The van der Waals surface area contributed by atoms with Crippen LogP contribution in [0.5, 0.6) is 0 Å². The van der Waals surface area contributed by atoms with Crippen molar-refractivity contribution in [1.29, 1.82) is 0 Å². The van der Waals surface area contributed by atoms with Gasteiger partial charge in [-0.2, -0.15) is 0 Å². The van der Waals surface area contributed by atoms with Gasteiger partial charge >= 0.3 is 0 Å². The molecule has 0 bridgehead atoms. The molecule has 1 aromatic rings. The molecule has 1 aliphatic heterocycles. The Labute approximate surface area is 102 Å². The molecule has 1 saturated heterocycles. The van der Waals surface area contributed by atoms with Crippen LogP contribution in [0, 0.1) is 5.92 Å². The van der Waals surface area contributed by atoms with Crippen molar-refractivity contribution in [2.24, 2.45) is 18.7 Å². The number of hydrogen-bond donors (Lipinski definition) is 1. The fraction of sp³-hybridized carbons (Fsp3) is 0.615. The van der Waals surface area contributed by atoms with E-state index < -0.39 is 0 Å². The molecule has 0 aliphatic carbocycles. The third kappa shape index (κ3) is 2.36. The molecule has 1 fully saturated rings. The van der Waals surface area contributed by atoms with Crippen LogP contribution < -0.4 is 5.73 Å². The minimum atomic E-state index is 0.128. The van der Waals surface area contributed by atoms with Crippen molar-refractivity contribution in [1.82, 2.24) is 9.47 Å². The lowest BCUT2D eigenvalue weighted by atomic mass is 9.93. The average molecular weight is 235 g/mol. The molecule has 0 spiro atoms. The summed E-state index contributed by atoms with van der Waals surface area (Å²) < 4.78 is 1.88. The Morgan fingerprint density at radius 1 is 1.53 bits per heavy atom. The van der Waals surface area contributed by atoms with Crippen LogP contribution in [0.15, 0.2) is 18.3 Å². The Kier molecular flexibility index (Phi) is 3.52. The second-order valence-electron chi connectivity index (χ2n) is 4.99. The standard InChI is InChI=1S/C13H21N3O/c1-10-5-6-11(8-14)9-16(10)13(17)12-4-3-7-15(12)2/h3-4,7,10-11H,5-6,8-9,14H2,1-2H3. The van der Waals surface area contributed by atoms with Crippen LogP contribution in [-0.4, -0.2) is 34.5 Å². The lowest BCUT2D eigenvalue weighted by molar-refractivity contribution is 0.0557. The molecule has 17 heavy (non-hydrogen) atoms. The van der Waals surface area contributed by atoms with Crippen LogP contribution in [0.4, 0.5) is 0 Å². The van der Waals surface area contributed by atoms with Gasteiger partial charge in [-0.1, -0.05) is 0 Å². The summed E-state index contributed by atoms with van der Waals surface area (Å²) in [6.45, 7) is 3.58. The number of likely N-dealkylation sites (tertiary alicyclic amines) is 1. The maximum atomic E-state index is 12.4. The number of piperidine rings is 1. The SMILES string of the molecule is CC1CCC(CN)CN1C(=O)c1cccn1C. The van der Waals surface area contributed by atoms with Gasteiger partial charge in [0.2, 0.25) is 0 Å². The van der Waals surface area contributed by atoms with E-state index in [9.17, 15) is 4.79 Å². The highest BCUT2D eigenvalue weighted by atomic mass is 16.2. The van der Waals surface area contributed by atoms with E-state index in [4.69, 9.17) is 5.73 Å². The predicted molar refractivity (Wildman–Crippen MR) is 67.7 cm³/mol. The molecule has 1 amide bonds. The van der Waals surface area contributed by atoms with Crippen molar-refractivity contribution in [2.45, 2.75) is 25.8 Å². The van der Waals surface area contributed by atoms with Gasteiger partial charge in [-0.25, -0.2) is 0 Å². The predicted octanol–water partition coefficient (Wildman–Crippen LogP) is 1.22. The summed E-state index contributed by atoms with van der Waals surface area (Å²) in [6.07, 6.45) is 4.09. The lowest BCUT2D eigenvalue weighted by Gasteiger charge is -2.37. The molecule has 2 N–H and O–H groups in total. The quantitative estimate of drug-likeness (QED) is 0.838. The molecule has 4 heteroatoms. The highest BCUT2D eigenvalue weighted by Crippen LogP contribution is 2.23. The van der Waals surface area contributed by atoms with Gasteiger partial charge in [0.25, 0.3) is 5.91 Å². The number of nitrogens with two attached hydrogens (primary N) is 1. The van der Waals surface area contributed by atoms with Gasteiger partial charge in [0.1, 0.15) is 5.69 Å². The van der Waals surface area contributed by atoms with Crippen LogP contribution in [0.25, 0.3) is 0 Å². The molecule has 0 saturated carbocycles. The number of carbonyl (C=O) groups excluding carboxylic acids is 1. The summed E-state index contributed by atoms with van der Waals surface area (Å²) in [4.78, 5) is 14.4. The first-order valence-electron chi connectivity index (χ1n) is 6.26. The van der Waals surface area contributed by atoms with E-state index >= 15 is 0 Å². The molecular weight excluding hydrogens is 214 g/mol. The van der Waals surface area contributed by atoms with Crippen LogP contribution in [0.2, 0.25) is 0 Å². The Hall–Kier alpha value is -1.29. The van der Waals surface area contributed by atoms with Gasteiger partial charge in [-0.05, 0) is 44.4 Å². The van der Waals surface area contributed by atoms with Crippen LogP contribution in [-0.2, 0) is 7.05 Å². The van der Waals surface area contributed by atoms with E-state index in [-0.39, 0.29) is 5.91 Å². The number of carbonyl (C=O) groups is 1. The second kappa shape index (κ2) is 4.92. The molecular formula is C13H21N3O. The fourth-order valence-corrected chi connectivity index (χ4v) is 2.49. The van der Waals surface area contributed by atoms with Crippen molar-refractivity contribution in [3.63, 3.8) is 0 Å². The third-order valence-electron chi connectivity index (χ3n) is 3.74. The molecule has 2 atom stereocenters. The minimum absolute atomic E-state index is 0.128. The normalized spacial score (nSPS) is 25.0. The van der Waals surface area contributed by atoms with E-state index in [1.165, 1.54) is 0 Å². The van der Waals surface area contributed by atoms with Crippen LogP contribution in [0.1, 0.15) is 30.3 Å². The zero-order chi connectivity index (χ0) is 12.4. The highest BCUT2D eigenvalue weighted by molar-refractivity contribution is 5.93. The summed E-state index contributed by atoms with van der Waals surface area (Å²) in [5, 5.41) is 0. The van der Waals surface area contributed by atoms with Crippen molar-refractivity contribution in [2.75, 3.05) is 13.1 Å². The van der Waals surface area contributed by atoms with Crippen molar-refractivity contribution in [3.05, 3.63) is 24.0 Å². The molecule has 2 unspecified atom stereocenters. The maximum Gasteiger partial charge on any atom is 0.270 e. The average Bonchev–Trinajstić information content (AvgIpc) is 2.75. The van der Waals surface area contributed by atoms with Gasteiger partial charge < -0.3 is 15.2 Å². The number of aromatic nitrogens is 1. The first-order chi connectivity index (χ1) is 8.13. The Morgan fingerprint density at radius 3 is 2.88 bits per heavy atom. The number of amides is 1. The highest BCUT2D eigenvalue weighted by Gasteiger charge is 2.29. The van der Waals surface area contributed by atoms with Crippen molar-refractivity contribution in [3.8, 4) is 0 Å². The molecule has 1 aromatic heterocycles. The van der Waals surface area contributed by atoms with Crippen molar-refractivity contribution >= 4 is 5.91 Å². The van der Waals surface area contributed by atoms with E-state index in [1.807, 2.05) is 34.8 Å². The summed E-state index contributed by atoms with van der Waals surface area (Å²) >= 11 is 0. The van der Waals surface area contributed by atoms with Gasteiger partial charge in [0, 0.05) is 25.8 Å². The monoisotopic (exact) mass is 235 g/mol. The Morgan fingerprint density at radius 2 is 2.29 bits per heavy atom.